The zero-order valence-electron chi connectivity index (χ0n) is 5.89. The topological polar surface area (TPSA) is 29.5 Å². The molecular formula is C5H14O2Si2. The summed E-state index contributed by atoms with van der Waals surface area (Å²) in [6.45, 7) is 0.886. The van der Waals surface area contributed by atoms with Crippen LogP contribution in [0.15, 0.2) is 0 Å². The Morgan fingerprint density at radius 2 is 2.33 bits per heavy atom. The van der Waals surface area contributed by atoms with E-state index in [0.717, 1.165) is 23.3 Å². The minimum Gasteiger partial charge on any atom is -0.436 e. The lowest BCUT2D eigenvalue weighted by Gasteiger charge is -2.31. The molecule has 1 aliphatic rings. The highest BCUT2D eigenvalue weighted by atomic mass is 28.3. The van der Waals surface area contributed by atoms with Gasteiger partial charge >= 0.3 is 0 Å². The Hall–Kier alpha value is 0.354. The molecule has 1 atom stereocenters. The second-order valence-electron chi connectivity index (χ2n) is 2.91. The molecule has 0 amide bonds. The largest absolute Gasteiger partial charge is 0.436 e. The van der Waals surface area contributed by atoms with Gasteiger partial charge in [-0.05, 0) is 19.3 Å². The highest BCUT2D eigenvalue weighted by molar-refractivity contribution is 6.47. The van der Waals surface area contributed by atoms with Crippen molar-refractivity contribution in [2.45, 2.75) is 24.1 Å². The standard InChI is InChI=1S/C5H14O2Si2/c6-9-5(8)3-1-2-4-7-5/h6H,1-4,9H2,8H3. The van der Waals surface area contributed by atoms with Crippen molar-refractivity contribution in [2.75, 3.05) is 6.61 Å². The van der Waals surface area contributed by atoms with Crippen molar-refractivity contribution in [1.29, 1.82) is 0 Å². The van der Waals surface area contributed by atoms with Crippen molar-refractivity contribution in [3.05, 3.63) is 0 Å². The molecule has 1 unspecified atom stereocenters. The van der Waals surface area contributed by atoms with Crippen LogP contribution in [0, 0.1) is 0 Å². The van der Waals surface area contributed by atoms with E-state index in [1.54, 1.807) is 0 Å². The van der Waals surface area contributed by atoms with Crippen molar-refractivity contribution in [3.8, 4) is 0 Å². The summed E-state index contributed by atoms with van der Waals surface area (Å²) in [7, 11) is 0.131. The highest BCUT2D eigenvalue weighted by Gasteiger charge is 2.26. The molecule has 1 rings (SSSR count). The molecule has 9 heavy (non-hydrogen) atoms. The van der Waals surface area contributed by atoms with Crippen LogP contribution in [0.25, 0.3) is 0 Å². The first-order valence-corrected chi connectivity index (χ1v) is 5.86. The van der Waals surface area contributed by atoms with Gasteiger partial charge in [-0.2, -0.15) is 0 Å². The third kappa shape index (κ3) is 1.89. The molecule has 1 saturated heterocycles. The van der Waals surface area contributed by atoms with Gasteiger partial charge in [0.1, 0.15) is 0 Å². The van der Waals surface area contributed by atoms with Gasteiger partial charge in [0, 0.05) is 16.8 Å². The smallest absolute Gasteiger partial charge is 0.184 e. The number of hydrogen-bond acceptors (Lipinski definition) is 2. The molecule has 1 N–H and O–H groups in total. The summed E-state index contributed by atoms with van der Waals surface area (Å²) in [6.07, 6.45) is 3.58. The Balaban J connectivity index is 2.37. The van der Waals surface area contributed by atoms with E-state index in [9.17, 15) is 0 Å². The third-order valence-corrected chi connectivity index (χ3v) is 4.85. The van der Waals surface area contributed by atoms with Crippen LogP contribution in [0.4, 0.5) is 0 Å². The van der Waals surface area contributed by atoms with Crippen LogP contribution in [0.2, 0.25) is 0 Å². The minimum atomic E-state index is -0.889. The van der Waals surface area contributed by atoms with Crippen molar-refractivity contribution < 1.29 is 9.53 Å². The molecular weight excluding hydrogens is 148 g/mol. The van der Waals surface area contributed by atoms with E-state index in [2.05, 4.69) is 0 Å². The van der Waals surface area contributed by atoms with Crippen molar-refractivity contribution in [1.82, 2.24) is 0 Å². The zero-order chi connectivity index (χ0) is 6.74. The SMILES string of the molecule is O[SiH2]C1([SiH3])CCCCO1. The van der Waals surface area contributed by atoms with Gasteiger partial charge in [0.05, 0.1) is 4.85 Å². The van der Waals surface area contributed by atoms with E-state index < -0.39 is 9.76 Å². The first-order valence-electron chi connectivity index (χ1n) is 3.52. The normalized spacial score (nSPS) is 38.3. The predicted octanol–water partition coefficient (Wildman–Crippen LogP) is -1.72. The Morgan fingerprint density at radius 1 is 1.56 bits per heavy atom. The van der Waals surface area contributed by atoms with Gasteiger partial charge in [-0.25, -0.2) is 0 Å². The van der Waals surface area contributed by atoms with Crippen LogP contribution in [-0.4, -0.2) is 36.3 Å². The Labute approximate surface area is 61.0 Å². The van der Waals surface area contributed by atoms with E-state index in [1.807, 2.05) is 0 Å². The Morgan fingerprint density at radius 3 is 2.67 bits per heavy atom. The second kappa shape index (κ2) is 2.96. The number of hydrogen-bond donors (Lipinski definition) is 1. The second-order valence-corrected chi connectivity index (χ2v) is 7.96. The summed E-state index contributed by atoms with van der Waals surface area (Å²) in [4.78, 5) is 9.05. The van der Waals surface area contributed by atoms with Crippen LogP contribution in [0.3, 0.4) is 0 Å². The zero-order valence-corrected chi connectivity index (χ0v) is 9.31. The lowest BCUT2D eigenvalue weighted by atomic mass is 10.2. The maximum Gasteiger partial charge on any atom is 0.184 e. The summed E-state index contributed by atoms with van der Waals surface area (Å²) >= 11 is 0. The molecule has 0 radical (unpaired) electrons. The summed E-state index contributed by atoms with van der Waals surface area (Å²) in [5, 5.41) is 0. The maximum atomic E-state index is 9.00. The van der Waals surface area contributed by atoms with Gasteiger partial charge in [0.15, 0.2) is 9.76 Å². The predicted molar refractivity (Wildman–Crippen MR) is 43.2 cm³/mol. The van der Waals surface area contributed by atoms with E-state index in [1.165, 1.54) is 12.8 Å². The molecule has 2 nitrogen and oxygen atoms in total. The molecule has 4 heteroatoms. The Kier molecular flexibility index (Phi) is 2.45. The van der Waals surface area contributed by atoms with Crippen molar-refractivity contribution in [3.63, 3.8) is 0 Å². The van der Waals surface area contributed by atoms with Crippen LogP contribution >= 0.6 is 0 Å². The van der Waals surface area contributed by atoms with E-state index in [-0.39, 0.29) is 4.85 Å². The molecule has 0 aromatic rings. The van der Waals surface area contributed by atoms with E-state index >= 15 is 0 Å². The van der Waals surface area contributed by atoms with Crippen LogP contribution in [-0.2, 0) is 4.74 Å². The molecule has 0 aromatic carbocycles. The summed E-state index contributed by atoms with van der Waals surface area (Å²) in [6, 6.07) is 0. The van der Waals surface area contributed by atoms with Gasteiger partial charge < -0.3 is 9.53 Å². The van der Waals surface area contributed by atoms with Gasteiger partial charge in [-0.15, -0.1) is 0 Å². The van der Waals surface area contributed by atoms with E-state index in [4.69, 9.17) is 9.53 Å². The van der Waals surface area contributed by atoms with Gasteiger partial charge in [-0.3, -0.25) is 0 Å². The molecule has 1 aliphatic heterocycles. The maximum absolute atomic E-state index is 9.00. The summed E-state index contributed by atoms with van der Waals surface area (Å²) < 4.78 is 5.49. The first-order chi connectivity index (χ1) is 4.27. The highest BCUT2D eigenvalue weighted by Crippen LogP contribution is 2.19. The molecule has 0 bridgehead atoms. The molecule has 54 valence electrons. The third-order valence-electron chi connectivity index (χ3n) is 1.88. The molecule has 0 saturated carbocycles. The minimum absolute atomic E-state index is 0.0538. The van der Waals surface area contributed by atoms with Gasteiger partial charge in [0.25, 0.3) is 0 Å². The quantitative estimate of drug-likeness (QED) is 0.465. The van der Waals surface area contributed by atoms with E-state index in [0.29, 0.717) is 0 Å². The molecule has 1 heterocycles. The van der Waals surface area contributed by atoms with Crippen molar-refractivity contribution in [2.24, 2.45) is 0 Å². The molecule has 0 aliphatic carbocycles. The summed E-state index contributed by atoms with van der Waals surface area (Å²) in [5.41, 5.74) is 0. The number of ether oxygens (including phenoxy) is 1. The lowest BCUT2D eigenvalue weighted by molar-refractivity contribution is 0.0294. The number of rotatable bonds is 1. The van der Waals surface area contributed by atoms with Gasteiger partial charge in [0.2, 0.25) is 0 Å². The van der Waals surface area contributed by atoms with Crippen LogP contribution in [0.5, 0.6) is 0 Å². The monoisotopic (exact) mass is 162 g/mol. The first kappa shape index (κ1) is 7.46. The van der Waals surface area contributed by atoms with Crippen molar-refractivity contribution >= 4 is 20.0 Å². The van der Waals surface area contributed by atoms with Gasteiger partial charge in [-0.1, -0.05) is 0 Å². The molecule has 0 aromatic heterocycles. The average molecular weight is 162 g/mol. The Bertz CT molecular complexity index is 91.0. The fraction of sp³-hybridized carbons (Fsp3) is 1.00. The van der Waals surface area contributed by atoms with Crippen LogP contribution < -0.4 is 0 Å². The molecule has 0 spiro atoms. The summed E-state index contributed by atoms with van der Waals surface area (Å²) in [5.74, 6) is 0. The lowest BCUT2D eigenvalue weighted by Crippen LogP contribution is -2.42. The molecule has 1 fully saturated rings. The fourth-order valence-electron chi connectivity index (χ4n) is 1.12. The van der Waals surface area contributed by atoms with Crippen LogP contribution in [0.1, 0.15) is 19.3 Å². The fourth-order valence-corrected chi connectivity index (χ4v) is 2.32. The average Bonchev–Trinajstić information content (AvgIpc) is 1.90.